The first kappa shape index (κ1) is 9.52. The lowest BCUT2D eigenvalue weighted by molar-refractivity contribution is 0.0690. The van der Waals surface area contributed by atoms with E-state index in [4.69, 9.17) is 5.11 Å². The molecule has 0 aliphatic carbocycles. The summed E-state index contributed by atoms with van der Waals surface area (Å²) in [6.45, 7) is 0. The lowest BCUT2D eigenvalue weighted by Gasteiger charge is -2.02. The zero-order valence-electron chi connectivity index (χ0n) is 8.53. The molecule has 0 saturated heterocycles. The van der Waals surface area contributed by atoms with Gasteiger partial charge in [-0.1, -0.05) is 0 Å². The van der Waals surface area contributed by atoms with Crippen molar-refractivity contribution in [1.29, 1.82) is 0 Å². The maximum atomic E-state index is 11.0. The first-order chi connectivity index (χ1) is 8.25. The highest BCUT2D eigenvalue weighted by molar-refractivity contribution is 5.87. The van der Waals surface area contributed by atoms with Gasteiger partial charge in [-0.3, -0.25) is 0 Å². The standard InChI is InChI=1S/C10H7N5O2/c16-9(17)7-4-8(6-2-1-3-11-6)15-10(14-7)12-5-13-15/h1-5,11H,(H,16,17). The molecule has 2 N–H and O–H groups in total. The third-order valence-corrected chi connectivity index (χ3v) is 2.34. The molecule has 0 unspecified atom stereocenters. The maximum absolute atomic E-state index is 11.0. The third kappa shape index (κ3) is 1.44. The van der Waals surface area contributed by atoms with Crippen LogP contribution in [0.2, 0.25) is 0 Å². The molecule has 7 nitrogen and oxygen atoms in total. The van der Waals surface area contributed by atoms with Crippen molar-refractivity contribution in [3.05, 3.63) is 36.4 Å². The van der Waals surface area contributed by atoms with Crippen LogP contribution in [0.25, 0.3) is 17.2 Å². The molecule has 0 aromatic carbocycles. The second kappa shape index (κ2) is 3.41. The summed E-state index contributed by atoms with van der Waals surface area (Å²) >= 11 is 0. The molecule has 84 valence electrons. The zero-order chi connectivity index (χ0) is 11.8. The molecule has 0 atom stereocenters. The van der Waals surface area contributed by atoms with Crippen molar-refractivity contribution in [1.82, 2.24) is 24.6 Å². The minimum Gasteiger partial charge on any atom is -0.477 e. The van der Waals surface area contributed by atoms with Crippen LogP contribution in [0, 0.1) is 0 Å². The van der Waals surface area contributed by atoms with Crippen LogP contribution in [0.5, 0.6) is 0 Å². The van der Waals surface area contributed by atoms with Gasteiger partial charge in [-0.15, -0.1) is 0 Å². The van der Waals surface area contributed by atoms with Crippen molar-refractivity contribution in [2.24, 2.45) is 0 Å². The van der Waals surface area contributed by atoms with E-state index in [-0.39, 0.29) is 11.5 Å². The Morgan fingerprint density at radius 1 is 1.47 bits per heavy atom. The van der Waals surface area contributed by atoms with Crippen LogP contribution in [0.15, 0.2) is 30.7 Å². The summed E-state index contributed by atoms with van der Waals surface area (Å²) < 4.78 is 1.48. The molecule has 3 aromatic rings. The number of H-pyrrole nitrogens is 1. The van der Waals surface area contributed by atoms with Crippen molar-refractivity contribution in [2.75, 3.05) is 0 Å². The number of aromatic nitrogens is 5. The predicted octanol–water partition coefficient (Wildman–Crippen LogP) is 0.818. The van der Waals surface area contributed by atoms with Crippen LogP contribution in [0.3, 0.4) is 0 Å². The van der Waals surface area contributed by atoms with Gasteiger partial charge in [0.1, 0.15) is 6.33 Å². The van der Waals surface area contributed by atoms with Crippen molar-refractivity contribution in [3.63, 3.8) is 0 Å². The fraction of sp³-hybridized carbons (Fsp3) is 0. The van der Waals surface area contributed by atoms with Gasteiger partial charge >= 0.3 is 5.97 Å². The quantitative estimate of drug-likeness (QED) is 0.678. The van der Waals surface area contributed by atoms with E-state index in [0.717, 1.165) is 5.69 Å². The summed E-state index contributed by atoms with van der Waals surface area (Å²) in [5.41, 5.74) is 1.30. The smallest absolute Gasteiger partial charge is 0.354 e. The third-order valence-electron chi connectivity index (χ3n) is 2.34. The van der Waals surface area contributed by atoms with Crippen molar-refractivity contribution >= 4 is 11.7 Å². The summed E-state index contributed by atoms with van der Waals surface area (Å²) in [5, 5.41) is 13.0. The average Bonchev–Trinajstić information content (AvgIpc) is 2.98. The molecule has 0 spiro atoms. The number of nitrogens with one attached hydrogen (secondary N) is 1. The Bertz CT molecular complexity index is 686. The van der Waals surface area contributed by atoms with E-state index in [1.54, 1.807) is 6.20 Å². The van der Waals surface area contributed by atoms with E-state index in [9.17, 15) is 4.79 Å². The maximum Gasteiger partial charge on any atom is 0.354 e. The highest BCUT2D eigenvalue weighted by Gasteiger charge is 2.13. The minimum absolute atomic E-state index is 0.0601. The number of nitrogens with zero attached hydrogens (tertiary/aromatic N) is 4. The highest BCUT2D eigenvalue weighted by Crippen LogP contribution is 2.17. The molecule has 17 heavy (non-hydrogen) atoms. The van der Waals surface area contributed by atoms with Crippen LogP contribution in [0.1, 0.15) is 10.5 Å². The van der Waals surface area contributed by atoms with Crippen LogP contribution in [-0.4, -0.2) is 35.6 Å². The van der Waals surface area contributed by atoms with Crippen LogP contribution < -0.4 is 0 Å². The largest absolute Gasteiger partial charge is 0.477 e. The van der Waals surface area contributed by atoms with Crippen molar-refractivity contribution in [2.45, 2.75) is 0 Å². The first-order valence-corrected chi connectivity index (χ1v) is 4.83. The lowest BCUT2D eigenvalue weighted by atomic mass is 10.2. The molecule has 7 heteroatoms. The lowest BCUT2D eigenvalue weighted by Crippen LogP contribution is -2.05. The van der Waals surface area contributed by atoms with E-state index in [1.807, 2.05) is 12.1 Å². The molecule has 0 fully saturated rings. The number of rotatable bonds is 2. The SMILES string of the molecule is O=C(O)c1cc(-c2ccc[nH]2)n2ncnc2n1. The number of hydrogen-bond donors (Lipinski definition) is 2. The van der Waals surface area contributed by atoms with Gasteiger partial charge in [-0.05, 0) is 18.2 Å². The van der Waals surface area contributed by atoms with Gasteiger partial charge < -0.3 is 10.1 Å². The summed E-state index contributed by atoms with van der Waals surface area (Å²) in [6.07, 6.45) is 3.08. The average molecular weight is 229 g/mol. The number of aromatic carboxylic acids is 1. The van der Waals surface area contributed by atoms with Gasteiger partial charge in [-0.25, -0.2) is 9.78 Å². The Labute approximate surface area is 94.8 Å². The van der Waals surface area contributed by atoms with Gasteiger partial charge in [0.25, 0.3) is 5.78 Å². The van der Waals surface area contributed by atoms with Gasteiger partial charge in [0, 0.05) is 6.20 Å². The number of carboxylic acids is 1. The molecule has 0 bridgehead atoms. The first-order valence-electron chi connectivity index (χ1n) is 4.83. The monoisotopic (exact) mass is 229 g/mol. The fourth-order valence-electron chi connectivity index (χ4n) is 1.60. The second-order valence-corrected chi connectivity index (χ2v) is 3.39. The topological polar surface area (TPSA) is 96.2 Å². The Hall–Kier alpha value is -2.70. The summed E-state index contributed by atoms with van der Waals surface area (Å²) in [4.78, 5) is 21.7. The molecule has 0 saturated carbocycles. The van der Waals surface area contributed by atoms with Gasteiger partial charge in [0.2, 0.25) is 0 Å². The number of aromatic amines is 1. The number of hydrogen-bond acceptors (Lipinski definition) is 4. The molecular formula is C10H7N5O2. The molecule has 0 radical (unpaired) electrons. The minimum atomic E-state index is -1.09. The summed E-state index contributed by atoms with van der Waals surface area (Å²) in [5.74, 6) is -0.835. The number of carbonyl (C=O) groups is 1. The predicted molar refractivity (Wildman–Crippen MR) is 57.5 cm³/mol. The Kier molecular flexibility index (Phi) is 1.91. The van der Waals surface area contributed by atoms with E-state index in [2.05, 4.69) is 20.1 Å². The van der Waals surface area contributed by atoms with Crippen molar-refractivity contribution in [3.8, 4) is 11.4 Å². The van der Waals surface area contributed by atoms with E-state index >= 15 is 0 Å². The molecule has 0 aliphatic rings. The van der Waals surface area contributed by atoms with Crippen LogP contribution >= 0.6 is 0 Å². The van der Waals surface area contributed by atoms with E-state index < -0.39 is 5.97 Å². The van der Waals surface area contributed by atoms with Crippen LogP contribution in [0.4, 0.5) is 0 Å². The fourth-order valence-corrected chi connectivity index (χ4v) is 1.60. The number of fused-ring (bicyclic) bond motifs is 1. The van der Waals surface area contributed by atoms with Gasteiger partial charge in [0.05, 0.1) is 11.4 Å². The molecular weight excluding hydrogens is 222 g/mol. The van der Waals surface area contributed by atoms with Crippen LogP contribution in [-0.2, 0) is 0 Å². The van der Waals surface area contributed by atoms with E-state index in [1.165, 1.54) is 16.9 Å². The molecule has 3 rings (SSSR count). The second-order valence-electron chi connectivity index (χ2n) is 3.39. The highest BCUT2D eigenvalue weighted by atomic mass is 16.4. The summed E-state index contributed by atoms with van der Waals surface area (Å²) in [7, 11) is 0. The molecule has 3 heterocycles. The molecule has 0 aliphatic heterocycles. The Balaban J connectivity index is 2.35. The van der Waals surface area contributed by atoms with Gasteiger partial charge in [-0.2, -0.15) is 14.6 Å². The normalized spacial score (nSPS) is 10.8. The summed E-state index contributed by atoms with van der Waals surface area (Å²) in [6, 6.07) is 5.09. The number of carboxylic acid groups (broad SMARTS) is 1. The zero-order valence-corrected chi connectivity index (χ0v) is 8.53. The molecule has 0 amide bonds. The van der Waals surface area contributed by atoms with E-state index in [0.29, 0.717) is 5.69 Å². The molecule has 3 aromatic heterocycles. The Morgan fingerprint density at radius 2 is 2.35 bits per heavy atom. The Morgan fingerprint density at radius 3 is 3.06 bits per heavy atom. The van der Waals surface area contributed by atoms with Crippen molar-refractivity contribution < 1.29 is 9.90 Å². The van der Waals surface area contributed by atoms with Gasteiger partial charge in [0.15, 0.2) is 5.69 Å².